The van der Waals surface area contributed by atoms with Gasteiger partial charge in [-0.05, 0) is 41.4 Å². The summed E-state index contributed by atoms with van der Waals surface area (Å²) in [6, 6.07) is 15.0. The third kappa shape index (κ3) is 4.01. The number of rotatable bonds is 5. The Labute approximate surface area is 170 Å². The molecule has 0 unspecified atom stereocenters. The zero-order valence-electron chi connectivity index (χ0n) is 15.0. The number of aromatic nitrogens is 5. The van der Waals surface area contributed by atoms with Crippen molar-refractivity contribution in [3.05, 3.63) is 65.7 Å². The number of para-hydroxylation sites is 2. The minimum atomic E-state index is 0.0636. The average Bonchev–Trinajstić information content (AvgIpc) is 3.04. The highest BCUT2D eigenvalue weighted by Gasteiger charge is 2.13. The first-order chi connectivity index (χ1) is 14.1. The maximum Gasteiger partial charge on any atom is 0.241 e. The minimum Gasteiger partial charge on any atom is -0.324 e. The van der Waals surface area contributed by atoms with E-state index in [2.05, 4.69) is 35.6 Å². The van der Waals surface area contributed by atoms with Crippen LogP contribution in [0.25, 0.3) is 17.0 Å². The first-order valence-corrected chi connectivity index (χ1v) is 8.88. The van der Waals surface area contributed by atoms with Gasteiger partial charge in [0.1, 0.15) is 12.2 Å². The number of amidine groups is 1. The fourth-order valence-electron chi connectivity index (χ4n) is 2.83. The van der Waals surface area contributed by atoms with E-state index >= 15 is 0 Å². The van der Waals surface area contributed by atoms with Crippen LogP contribution in [0.4, 0.5) is 11.6 Å². The molecule has 144 valence electrons. The summed E-state index contributed by atoms with van der Waals surface area (Å²) < 4.78 is 1.65. The van der Waals surface area contributed by atoms with Crippen molar-refractivity contribution in [3.63, 3.8) is 0 Å². The van der Waals surface area contributed by atoms with Crippen LogP contribution < -0.4 is 11.2 Å². The highest BCUT2D eigenvalue weighted by molar-refractivity contribution is 6.29. The molecule has 29 heavy (non-hydrogen) atoms. The van der Waals surface area contributed by atoms with Gasteiger partial charge in [0.05, 0.1) is 11.0 Å². The number of nitrogens with zero attached hydrogens (tertiary/aromatic N) is 7. The standard InChI is InChI=1S/C18H15ClN10/c19-16-25-13-6-1-2-7-14(13)29(16)18-23-10-22-17(26-18)24-12-5-3-4-11(8-12)9-15(20)27-28-21/h1-8,10H,9H2,(H3,20,21,27)(H,22,23,24,26). The lowest BCUT2D eigenvalue weighted by Gasteiger charge is -2.08. The van der Waals surface area contributed by atoms with Crippen LogP contribution in [0.1, 0.15) is 5.56 Å². The molecular formula is C18H15ClN10. The van der Waals surface area contributed by atoms with Crippen molar-refractivity contribution in [3.8, 4) is 5.95 Å². The average molecular weight is 407 g/mol. The second-order valence-corrected chi connectivity index (χ2v) is 6.32. The van der Waals surface area contributed by atoms with Gasteiger partial charge >= 0.3 is 0 Å². The Morgan fingerprint density at radius 3 is 2.86 bits per heavy atom. The summed E-state index contributed by atoms with van der Waals surface area (Å²) in [5, 5.41) is 17.7. The zero-order valence-corrected chi connectivity index (χ0v) is 15.7. The van der Waals surface area contributed by atoms with Gasteiger partial charge < -0.3 is 11.2 Å². The summed E-state index contributed by atoms with van der Waals surface area (Å²) in [7, 11) is 0. The molecule has 0 aliphatic rings. The second-order valence-electron chi connectivity index (χ2n) is 5.98. The van der Waals surface area contributed by atoms with Crippen LogP contribution in [0.15, 0.2) is 65.2 Å². The van der Waals surface area contributed by atoms with Gasteiger partial charge in [-0.3, -0.25) is 9.98 Å². The van der Waals surface area contributed by atoms with E-state index in [0.717, 1.165) is 22.3 Å². The van der Waals surface area contributed by atoms with Crippen LogP contribution in [0.3, 0.4) is 0 Å². The molecule has 0 radical (unpaired) electrons. The van der Waals surface area contributed by atoms with Crippen molar-refractivity contribution in [1.29, 1.82) is 5.41 Å². The number of anilines is 2. The van der Waals surface area contributed by atoms with Gasteiger partial charge in [0.2, 0.25) is 17.2 Å². The van der Waals surface area contributed by atoms with Gasteiger partial charge in [-0.25, -0.2) is 15.0 Å². The first-order valence-electron chi connectivity index (χ1n) is 8.51. The van der Waals surface area contributed by atoms with E-state index in [1.54, 1.807) is 4.57 Å². The number of halogens is 1. The molecule has 4 aromatic rings. The van der Waals surface area contributed by atoms with Crippen molar-refractivity contribution >= 4 is 40.1 Å². The van der Waals surface area contributed by atoms with Crippen LogP contribution >= 0.6 is 11.6 Å². The lowest BCUT2D eigenvalue weighted by Crippen LogP contribution is -2.06. The van der Waals surface area contributed by atoms with E-state index in [0.29, 0.717) is 18.3 Å². The molecule has 11 heteroatoms. The fraction of sp³-hybridized carbons (Fsp3) is 0.0556. The third-order valence-electron chi connectivity index (χ3n) is 4.01. The fourth-order valence-corrected chi connectivity index (χ4v) is 3.09. The number of hydrogen-bond acceptors (Lipinski definition) is 7. The van der Waals surface area contributed by atoms with Crippen LogP contribution in [-0.4, -0.2) is 30.3 Å². The Morgan fingerprint density at radius 2 is 2.00 bits per heavy atom. The van der Waals surface area contributed by atoms with Crippen LogP contribution in [0, 0.1) is 5.41 Å². The summed E-state index contributed by atoms with van der Waals surface area (Å²) in [5.74, 6) is 5.74. The Hall–Kier alpha value is -3.92. The SMILES string of the molecule is N=C(Cc1cccc(Nc2ncnc(-n3c(Cl)nc4ccccc43)n2)c1)N=NN. The predicted molar refractivity (Wildman–Crippen MR) is 110 cm³/mol. The normalized spacial score (nSPS) is 11.2. The van der Waals surface area contributed by atoms with E-state index in [-0.39, 0.29) is 11.1 Å². The molecule has 0 amide bonds. The zero-order chi connectivity index (χ0) is 20.2. The Kier molecular flexibility index (Phi) is 5.08. The van der Waals surface area contributed by atoms with Crippen molar-refractivity contribution in [2.75, 3.05) is 5.32 Å². The maximum absolute atomic E-state index is 7.70. The van der Waals surface area contributed by atoms with E-state index in [1.165, 1.54) is 6.33 Å². The van der Waals surface area contributed by atoms with Gasteiger partial charge in [0.25, 0.3) is 0 Å². The molecule has 0 saturated heterocycles. The van der Waals surface area contributed by atoms with Crippen molar-refractivity contribution < 1.29 is 0 Å². The quantitative estimate of drug-likeness (QED) is 0.152. The number of nitrogens with one attached hydrogen (secondary N) is 2. The monoisotopic (exact) mass is 406 g/mol. The molecule has 2 heterocycles. The van der Waals surface area contributed by atoms with E-state index in [1.807, 2.05) is 48.5 Å². The van der Waals surface area contributed by atoms with E-state index in [9.17, 15) is 0 Å². The number of hydrogen-bond donors (Lipinski definition) is 3. The second kappa shape index (κ2) is 7.98. The molecule has 2 aromatic heterocycles. The third-order valence-corrected chi connectivity index (χ3v) is 4.27. The Morgan fingerprint density at radius 1 is 1.14 bits per heavy atom. The molecule has 4 rings (SSSR count). The summed E-state index contributed by atoms with van der Waals surface area (Å²) in [6.07, 6.45) is 1.70. The first kappa shape index (κ1) is 18.4. The van der Waals surface area contributed by atoms with Gasteiger partial charge in [-0.15, -0.1) is 5.11 Å². The number of benzene rings is 2. The smallest absolute Gasteiger partial charge is 0.241 e. The lowest BCUT2D eigenvalue weighted by atomic mass is 10.1. The molecule has 0 bridgehead atoms. The molecule has 0 fully saturated rings. The molecule has 0 saturated carbocycles. The van der Waals surface area contributed by atoms with Crippen LogP contribution in [-0.2, 0) is 6.42 Å². The van der Waals surface area contributed by atoms with Crippen LogP contribution in [0.5, 0.6) is 0 Å². The highest BCUT2D eigenvalue weighted by Crippen LogP contribution is 2.23. The van der Waals surface area contributed by atoms with E-state index in [4.69, 9.17) is 22.9 Å². The minimum absolute atomic E-state index is 0.0636. The molecule has 4 N–H and O–H groups in total. The summed E-state index contributed by atoms with van der Waals surface area (Å²) >= 11 is 6.30. The predicted octanol–water partition coefficient (Wildman–Crippen LogP) is 3.45. The molecule has 0 aliphatic heterocycles. The highest BCUT2D eigenvalue weighted by atomic mass is 35.5. The molecular weight excluding hydrogens is 392 g/mol. The summed E-state index contributed by atoms with van der Waals surface area (Å²) in [4.78, 5) is 17.2. The van der Waals surface area contributed by atoms with Crippen molar-refractivity contribution in [1.82, 2.24) is 24.5 Å². The number of imidazole rings is 1. The van der Waals surface area contributed by atoms with E-state index < -0.39 is 0 Å². The van der Waals surface area contributed by atoms with Gasteiger partial charge in [0.15, 0.2) is 0 Å². The van der Waals surface area contributed by atoms with Crippen LogP contribution in [0.2, 0.25) is 5.28 Å². The topological polar surface area (TPSA) is 143 Å². The van der Waals surface area contributed by atoms with Gasteiger partial charge in [-0.1, -0.05) is 29.5 Å². The van der Waals surface area contributed by atoms with Crippen molar-refractivity contribution in [2.45, 2.75) is 6.42 Å². The molecule has 10 nitrogen and oxygen atoms in total. The maximum atomic E-state index is 7.70. The molecule has 0 spiro atoms. The Bertz CT molecular complexity index is 1220. The van der Waals surface area contributed by atoms with Crippen molar-refractivity contribution in [2.24, 2.45) is 16.2 Å². The molecule has 0 atom stereocenters. The number of nitrogens with two attached hydrogens (primary N) is 1. The van der Waals surface area contributed by atoms with Gasteiger partial charge in [0, 0.05) is 12.1 Å². The summed E-state index contributed by atoms with van der Waals surface area (Å²) in [6.45, 7) is 0. The van der Waals surface area contributed by atoms with Gasteiger partial charge in [-0.2, -0.15) is 4.98 Å². The summed E-state index contributed by atoms with van der Waals surface area (Å²) in [5.41, 5.74) is 3.16. The Balaban J connectivity index is 1.62. The largest absolute Gasteiger partial charge is 0.324 e. The number of fused-ring (bicyclic) bond motifs is 1. The lowest BCUT2D eigenvalue weighted by molar-refractivity contribution is 0.918. The molecule has 0 aliphatic carbocycles. The molecule has 2 aromatic carbocycles.